The van der Waals surface area contributed by atoms with Gasteiger partial charge in [-0.25, -0.2) is 4.39 Å². The molecule has 0 unspecified atom stereocenters. The van der Waals surface area contributed by atoms with Crippen LogP contribution in [0, 0.1) is 12.7 Å². The van der Waals surface area contributed by atoms with E-state index in [4.69, 9.17) is 5.73 Å². The zero-order chi connectivity index (χ0) is 10.8. The van der Waals surface area contributed by atoms with E-state index >= 15 is 0 Å². The second kappa shape index (κ2) is 4.13. The van der Waals surface area contributed by atoms with Gasteiger partial charge in [0.1, 0.15) is 5.82 Å². The Hall–Kier alpha value is -1.19. The predicted molar refractivity (Wildman–Crippen MR) is 62.3 cm³/mol. The van der Waals surface area contributed by atoms with Gasteiger partial charge in [0.05, 0.1) is 0 Å². The van der Waals surface area contributed by atoms with Crippen LogP contribution in [-0.4, -0.2) is 0 Å². The highest BCUT2D eigenvalue weighted by atomic mass is 32.1. The van der Waals surface area contributed by atoms with Crippen molar-refractivity contribution < 1.29 is 4.39 Å². The molecule has 1 aromatic carbocycles. The SMILES string of the molecule is Cc1sccc1-c1cc(CN)ccc1F. The molecule has 1 heterocycles. The molecule has 0 bridgehead atoms. The molecule has 0 saturated carbocycles. The van der Waals surface area contributed by atoms with Gasteiger partial charge in [0.15, 0.2) is 0 Å². The molecule has 0 spiro atoms. The Morgan fingerprint density at radius 2 is 2.07 bits per heavy atom. The molecule has 1 nitrogen and oxygen atoms in total. The lowest BCUT2D eigenvalue weighted by Gasteiger charge is -2.05. The summed E-state index contributed by atoms with van der Waals surface area (Å²) in [6, 6.07) is 6.97. The van der Waals surface area contributed by atoms with Crippen LogP contribution in [0.5, 0.6) is 0 Å². The molecule has 0 atom stereocenters. The Morgan fingerprint density at radius 3 is 2.67 bits per heavy atom. The highest BCUT2D eigenvalue weighted by Crippen LogP contribution is 2.30. The summed E-state index contributed by atoms with van der Waals surface area (Å²) in [6.07, 6.45) is 0. The summed E-state index contributed by atoms with van der Waals surface area (Å²) in [7, 11) is 0. The monoisotopic (exact) mass is 221 g/mol. The van der Waals surface area contributed by atoms with Crippen molar-refractivity contribution in [2.45, 2.75) is 13.5 Å². The Kier molecular flexibility index (Phi) is 2.84. The highest BCUT2D eigenvalue weighted by molar-refractivity contribution is 7.10. The number of nitrogens with two attached hydrogens (primary N) is 1. The van der Waals surface area contributed by atoms with Crippen molar-refractivity contribution in [3.05, 3.63) is 45.9 Å². The van der Waals surface area contributed by atoms with Crippen molar-refractivity contribution in [2.24, 2.45) is 5.73 Å². The lowest BCUT2D eigenvalue weighted by Crippen LogP contribution is -1.97. The molecule has 0 aliphatic heterocycles. The van der Waals surface area contributed by atoms with Gasteiger partial charge in [-0.2, -0.15) is 0 Å². The van der Waals surface area contributed by atoms with Crippen LogP contribution in [0.15, 0.2) is 29.6 Å². The Balaban J connectivity index is 2.56. The second-order valence-electron chi connectivity index (χ2n) is 3.41. The molecule has 15 heavy (non-hydrogen) atoms. The first-order chi connectivity index (χ1) is 7.22. The van der Waals surface area contributed by atoms with E-state index in [1.807, 2.05) is 24.4 Å². The van der Waals surface area contributed by atoms with Crippen LogP contribution >= 0.6 is 11.3 Å². The topological polar surface area (TPSA) is 26.0 Å². The van der Waals surface area contributed by atoms with Gasteiger partial charge in [0.2, 0.25) is 0 Å². The van der Waals surface area contributed by atoms with Gasteiger partial charge in [0, 0.05) is 17.0 Å². The number of rotatable bonds is 2. The van der Waals surface area contributed by atoms with Gasteiger partial charge in [-0.1, -0.05) is 6.07 Å². The average Bonchev–Trinajstić information content (AvgIpc) is 2.65. The van der Waals surface area contributed by atoms with E-state index in [0.29, 0.717) is 12.1 Å². The molecule has 2 aromatic rings. The third kappa shape index (κ3) is 1.94. The summed E-state index contributed by atoms with van der Waals surface area (Å²) in [5, 5.41) is 1.97. The molecule has 1 aromatic heterocycles. The van der Waals surface area contributed by atoms with E-state index < -0.39 is 0 Å². The standard InChI is InChI=1S/C12H12FNS/c1-8-10(4-5-15-8)11-6-9(7-14)2-3-12(11)13/h2-6H,7,14H2,1H3. The maximum absolute atomic E-state index is 13.6. The van der Waals surface area contributed by atoms with E-state index in [2.05, 4.69) is 0 Å². The smallest absolute Gasteiger partial charge is 0.131 e. The highest BCUT2D eigenvalue weighted by Gasteiger charge is 2.08. The third-order valence-corrected chi connectivity index (χ3v) is 3.26. The van der Waals surface area contributed by atoms with Gasteiger partial charge in [-0.3, -0.25) is 0 Å². The van der Waals surface area contributed by atoms with E-state index in [0.717, 1.165) is 16.0 Å². The summed E-state index contributed by atoms with van der Waals surface area (Å²) < 4.78 is 13.6. The Labute approximate surface area is 92.4 Å². The number of benzene rings is 1. The summed E-state index contributed by atoms with van der Waals surface area (Å²) in [6.45, 7) is 2.44. The molecule has 0 saturated heterocycles. The van der Waals surface area contributed by atoms with Crippen LogP contribution in [0.25, 0.3) is 11.1 Å². The lowest BCUT2D eigenvalue weighted by molar-refractivity contribution is 0.630. The van der Waals surface area contributed by atoms with Crippen LogP contribution in [0.2, 0.25) is 0 Å². The average molecular weight is 221 g/mol. The first kappa shape index (κ1) is 10.3. The largest absolute Gasteiger partial charge is 0.326 e. The molecule has 0 aliphatic carbocycles. The van der Waals surface area contributed by atoms with Gasteiger partial charge in [-0.05, 0) is 41.6 Å². The summed E-state index contributed by atoms with van der Waals surface area (Å²) in [5.74, 6) is -0.186. The van der Waals surface area contributed by atoms with Crippen LogP contribution in [0.1, 0.15) is 10.4 Å². The number of hydrogen-bond donors (Lipinski definition) is 1. The van der Waals surface area contributed by atoms with E-state index in [9.17, 15) is 4.39 Å². The minimum Gasteiger partial charge on any atom is -0.326 e. The molecular formula is C12H12FNS. The van der Waals surface area contributed by atoms with Crippen molar-refractivity contribution in [2.75, 3.05) is 0 Å². The molecule has 2 rings (SSSR count). The molecule has 0 aliphatic rings. The normalized spacial score (nSPS) is 10.6. The van der Waals surface area contributed by atoms with Crippen LogP contribution in [0.3, 0.4) is 0 Å². The van der Waals surface area contributed by atoms with Gasteiger partial charge < -0.3 is 5.73 Å². The van der Waals surface area contributed by atoms with Crippen molar-refractivity contribution in [3.63, 3.8) is 0 Å². The van der Waals surface area contributed by atoms with Crippen LogP contribution < -0.4 is 5.73 Å². The third-order valence-electron chi connectivity index (χ3n) is 2.42. The zero-order valence-corrected chi connectivity index (χ0v) is 9.27. The molecule has 78 valence electrons. The van der Waals surface area contributed by atoms with Crippen LogP contribution in [0.4, 0.5) is 4.39 Å². The van der Waals surface area contributed by atoms with E-state index in [1.165, 1.54) is 6.07 Å². The molecule has 0 fully saturated rings. The fourth-order valence-electron chi connectivity index (χ4n) is 1.57. The molecule has 0 radical (unpaired) electrons. The zero-order valence-electron chi connectivity index (χ0n) is 8.46. The van der Waals surface area contributed by atoms with Crippen LogP contribution in [-0.2, 0) is 6.54 Å². The number of thiophene rings is 1. The van der Waals surface area contributed by atoms with E-state index in [-0.39, 0.29) is 5.82 Å². The van der Waals surface area contributed by atoms with Crippen molar-refractivity contribution in [1.82, 2.24) is 0 Å². The Morgan fingerprint density at radius 1 is 1.27 bits per heavy atom. The molecule has 3 heteroatoms. The maximum atomic E-state index is 13.6. The minimum atomic E-state index is -0.186. The fraction of sp³-hybridized carbons (Fsp3) is 0.167. The fourth-order valence-corrected chi connectivity index (χ4v) is 2.28. The number of hydrogen-bond acceptors (Lipinski definition) is 2. The van der Waals surface area contributed by atoms with E-state index in [1.54, 1.807) is 17.4 Å². The van der Waals surface area contributed by atoms with Gasteiger partial charge in [0.25, 0.3) is 0 Å². The van der Waals surface area contributed by atoms with Crippen molar-refractivity contribution in [3.8, 4) is 11.1 Å². The lowest BCUT2D eigenvalue weighted by atomic mass is 10.0. The second-order valence-corrected chi connectivity index (χ2v) is 4.53. The molecule has 0 amide bonds. The summed E-state index contributed by atoms with van der Waals surface area (Å²) >= 11 is 1.62. The minimum absolute atomic E-state index is 0.186. The Bertz CT molecular complexity index is 476. The summed E-state index contributed by atoms with van der Waals surface area (Å²) in [4.78, 5) is 1.13. The summed E-state index contributed by atoms with van der Waals surface area (Å²) in [5.41, 5.74) is 8.11. The molecule has 2 N–H and O–H groups in total. The van der Waals surface area contributed by atoms with Gasteiger partial charge >= 0.3 is 0 Å². The van der Waals surface area contributed by atoms with Crippen molar-refractivity contribution >= 4 is 11.3 Å². The first-order valence-electron chi connectivity index (χ1n) is 4.75. The predicted octanol–water partition coefficient (Wildman–Crippen LogP) is 3.32. The maximum Gasteiger partial charge on any atom is 0.131 e. The van der Waals surface area contributed by atoms with Gasteiger partial charge in [-0.15, -0.1) is 11.3 Å². The first-order valence-corrected chi connectivity index (χ1v) is 5.63. The quantitative estimate of drug-likeness (QED) is 0.827. The number of halogens is 1. The molecular weight excluding hydrogens is 209 g/mol. The number of aryl methyl sites for hydroxylation is 1. The van der Waals surface area contributed by atoms with Crippen molar-refractivity contribution in [1.29, 1.82) is 0 Å².